The summed E-state index contributed by atoms with van der Waals surface area (Å²) in [6.45, 7) is 0. The van der Waals surface area contributed by atoms with Crippen molar-refractivity contribution in [2.45, 2.75) is 30.8 Å². The van der Waals surface area contributed by atoms with Crippen LogP contribution in [-0.2, 0) is 4.79 Å². The zero-order valence-electron chi connectivity index (χ0n) is 11.6. The number of amides is 1. The fraction of sp³-hybridized carbons (Fsp3) is 0.333. The first-order valence-corrected chi connectivity index (χ1v) is 7.72. The van der Waals surface area contributed by atoms with Crippen LogP contribution < -0.4 is 5.32 Å². The third-order valence-electron chi connectivity index (χ3n) is 3.89. The molecule has 1 aliphatic rings. The number of carbonyl (C=O) groups is 1. The Kier molecular flexibility index (Phi) is 3.70. The van der Waals surface area contributed by atoms with E-state index in [0.29, 0.717) is 12.1 Å². The molecule has 0 bridgehead atoms. The highest BCUT2D eigenvalue weighted by Crippen LogP contribution is 2.45. The fourth-order valence-corrected chi connectivity index (χ4v) is 3.05. The summed E-state index contributed by atoms with van der Waals surface area (Å²) in [5, 5.41) is 12.3. The van der Waals surface area contributed by atoms with Crippen LogP contribution in [0.4, 0.5) is 13.8 Å². The highest BCUT2D eigenvalue weighted by molar-refractivity contribution is 7.14. The van der Waals surface area contributed by atoms with Crippen LogP contribution in [0.15, 0.2) is 35.8 Å². The second-order valence-corrected chi connectivity index (χ2v) is 6.16. The van der Waals surface area contributed by atoms with Crippen LogP contribution in [0.5, 0.6) is 0 Å². The molecular weight excluding hydrogens is 310 g/mol. The molecular formula is C15H14F2N2O2S. The molecule has 1 amide bonds. The average molecular weight is 324 g/mol. The number of benzene rings is 1. The third-order valence-corrected chi connectivity index (χ3v) is 4.63. The molecule has 0 aliphatic heterocycles. The Bertz CT molecular complexity index is 684. The van der Waals surface area contributed by atoms with Gasteiger partial charge in [-0.2, -0.15) is 8.78 Å². The molecule has 116 valence electrons. The number of alkyl halides is 2. The number of hydrogen-bond donors (Lipinski definition) is 2. The maximum atomic E-state index is 14.1. The molecule has 2 aromatic rings. The number of carbonyl (C=O) groups excluding carboxylic acids is 1. The van der Waals surface area contributed by atoms with Crippen LogP contribution in [0.3, 0.4) is 0 Å². The highest BCUT2D eigenvalue weighted by Gasteiger charge is 2.61. The Morgan fingerprint density at radius 2 is 2.00 bits per heavy atom. The summed E-state index contributed by atoms with van der Waals surface area (Å²) in [5.74, 6) is -5.31. The lowest BCUT2D eigenvalue weighted by Gasteiger charge is -2.41. The van der Waals surface area contributed by atoms with Crippen molar-refractivity contribution < 1.29 is 18.7 Å². The topological polar surface area (TPSA) is 62.2 Å². The minimum Gasteiger partial charge on any atom is -0.383 e. The summed E-state index contributed by atoms with van der Waals surface area (Å²) < 4.78 is 28.2. The quantitative estimate of drug-likeness (QED) is 0.907. The minimum atomic E-state index is -3.82. The number of nitrogens with zero attached hydrogens (tertiary/aromatic N) is 1. The number of thiazole rings is 1. The SMILES string of the molecule is O=C(Nc1scnc1-c1ccccc1)C(F)(F)C1(O)CCC1. The number of aromatic nitrogens is 1. The van der Waals surface area contributed by atoms with Crippen molar-refractivity contribution in [1.82, 2.24) is 4.98 Å². The van der Waals surface area contributed by atoms with E-state index in [0.717, 1.165) is 16.9 Å². The van der Waals surface area contributed by atoms with E-state index in [-0.39, 0.29) is 17.8 Å². The Morgan fingerprint density at radius 1 is 1.32 bits per heavy atom. The van der Waals surface area contributed by atoms with Gasteiger partial charge in [-0.3, -0.25) is 4.79 Å². The van der Waals surface area contributed by atoms with Gasteiger partial charge >= 0.3 is 5.92 Å². The molecule has 1 saturated carbocycles. The van der Waals surface area contributed by atoms with E-state index in [1.807, 2.05) is 6.07 Å². The van der Waals surface area contributed by atoms with Crippen LogP contribution in [-0.4, -0.2) is 27.5 Å². The van der Waals surface area contributed by atoms with Gasteiger partial charge in [-0.25, -0.2) is 4.98 Å². The smallest absolute Gasteiger partial charge is 0.352 e. The van der Waals surface area contributed by atoms with Gasteiger partial charge in [-0.1, -0.05) is 30.3 Å². The van der Waals surface area contributed by atoms with Gasteiger partial charge in [0.2, 0.25) is 0 Å². The van der Waals surface area contributed by atoms with E-state index in [1.165, 1.54) is 5.51 Å². The standard InChI is InChI=1S/C15H14F2N2O2S/c16-15(17,14(21)7-4-8-14)13(20)19-12-11(18-9-22-12)10-5-2-1-3-6-10/h1-3,5-6,9,21H,4,7-8H2,(H,19,20). The first-order valence-electron chi connectivity index (χ1n) is 6.85. The summed E-state index contributed by atoms with van der Waals surface area (Å²) >= 11 is 1.07. The molecule has 1 aliphatic carbocycles. The van der Waals surface area contributed by atoms with Crippen molar-refractivity contribution in [2.75, 3.05) is 5.32 Å². The second kappa shape index (κ2) is 5.40. The Hall–Kier alpha value is -1.86. The number of hydrogen-bond acceptors (Lipinski definition) is 4. The van der Waals surface area contributed by atoms with Gasteiger partial charge in [0.1, 0.15) is 16.3 Å². The van der Waals surface area contributed by atoms with Gasteiger partial charge in [-0.05, 0) is 19.3 Å². The summed E-state index contributed by atoms with van der Waals surface area (Å²) in [4.78, 5) is 16.0. The van der Waals surface area contributed by atoms with E-state index in [9.17, 15) is 18.7 Å². The lowest BCUT2D eigenvalue weighted by atomic mass is 9.75. The zero-order chi connectivity index (χ0) is 15.8. The predicted octanol–water partition coefficient (Wildman–Crippen LogP) is 3.30. The van der Waals surface area contributed by atoms with Crippen LogP contribution >= 0.6 is 11.3 Å². The van der Waals surface area contributed by atoms with Crippen LogP contribution in [0.1, 0.15) is 19.3 Å². The van der Waals surface area contributed by atoms with Crippen molar-refractivity contribution in [1.29, 1.82) is 0 Å². The molecule has 0 radical (unpaired) electrons. The van der Waals surface area contributed by atoms with E-state index in [2.05, 4.69) is 10.3 Å². The monoisotopic (exact) mass is 324 g/mol. The molecule has 22 heavy (non-hydrogen) atoms. The normalized spacial score (nSPS) is 16.9. The molecule has 1 aromatic carbocycles. The number of halogens is 2. The molecule has 0 unspecified atom stereocenters. The average Bonchev–Trinajstić information content (AvgIpc) is 2.93. The number of nitrogens with one attached hydrogen (secondary N) is 1. The Balaban J connectivity index is 1.83. The largest absolute Gasteiger partial charge is 0.383 e. The summed E-state index contributed by atoms with van der Waals surface area (Å²) in [7, 11) is 0. The van der Waals surface area contributed by atoms with Gasteiger partial charge in [-0.15, -0.1) is 11.3 Å². The molecule has 1 fully saturated rings. The zero-order valence-corrected chi connectivity index (χ0v) is 12.4. The molecule has 3 rings (SSSR count). The predicted molar refractivity (Wildman–Crippen MR) is 79.9 cm³/mol. The lowest BCUT2D eigenvalue weighted by molar-refractivity contribution is -0.211. The van der Waals surface area contributed by atoms with Crippen molar-refractivity contribution in [2.24, 2.45) is 0 Å². The van der Waals surface area contributed by atoms with E-state index in [1.54, 1.807) is 24.3 Å². The van der Waals surface area contributed by atoms with Crippen molar-refractivity contribution >= 4 is 22.2 Å². The van der Waals surface area contributed by atoms with Gasteiger partial charge in [0.05, 0.1) is 5.51 Å². The van der Waals surface area contributed by atoms with Gasteiger partial charge in [0, 0.05) is 5.56 Å². The minimum absolute atomic E-state index is 0.0678. The molecule has 1 heterocycles. The maximum Gasteiger partial charge on any atom is 0.352 e. The second-order valence-electron chi connectivity index (χ2n) is 5.31. The highest BCUT2D eigenvalue weighted by atomic mass is 32.1. The molecule has 0 saturated heterocycles. The number of anilines is 1. The van der Waals surface area contributed by atoms with Crippen molar-refractivity contribution in [3.8, 4) is 11.3 Å². The van der Waals surface area contributed by atoms with E-state index in [4.69, 9.17) is 0 Å². The number of rotatable bonds is 4. The van der Waals surface area contributed by atoms with Crippen LogP contribution in [0, 0.1) is 0 Å². The fourth-order valence-electron chi connectivity index (χ4n) is 2.36. The Labute approximate surface area is 129 Å². The molecule has 4 nitrogen and oxygen atoms in total. The first kappa shape index (κ1) is 15.1. The Morgan fingerprint density at radius 3 is 2.59 bits per heavy atom. The summed E-state index contributed by atoms with van der Waals surface area (Å²) in [5.41, 5.74) is 0.420. The molecule has 0 atom stereocenters. The van der Waals surface area contributed by atoms with Gasteiger partial charge < -0.3 is 10.4 Å². The maximum absolute atomic E-state index is 14.1. The molecule has 7 heteroatoms. The van der Waals surface area contributed by atoms with E-state index >= 15 is 0 Å². The van der Waals surface area contributed by atoms with Crippen LogP contribution in [0.25, 0.3) is 11.3 Å². The van der Waals surface area contributed by atoms with Gasteiger partial charge in [0.25, 0.3) is 5.91 Å². The van der Waals surface area contributed by atoms with E-state index < -0.39 is 17.4 Å². The number of aliphatic hydroxyl groups is 1. The third kappa shape index (κ3) is 2.40. The summed E-state index contributed by atoms with van der Waals surface area (Å²) in [6.07, 6.45) is 0.360. The first-order chi connectivity index (χ1) is 10.4. The lowest BCUT2D eigenvalue weighted by Crippen LogP contribution is -2.59. The van der Waals surface area contributed by atoms with Crippen molar-refractivity contribution in [3.63, 3.8) is 0 Å². The molecule has 2 N–H and O–H groups in total. The molecule has 0 spiro atoms. The molecule has 1 aromatic heterocycles. The van der Waals surface area contributed by atoms with Crippen molar-refractivity contribution in [3.05, 3.63) is 35.8 Å². The van der Waals surface area contributed by atoms with Gasteiger partial charge in [0.15, 0.2) is 0 Å². The summed E-state index contributed by atoms with van der Waals surface area (Å²) in [6, 6.07) is 8.98. The van der Waals surface area contributed by atoms with Crippen LogP contribution in [0.2, 0.25) is 0 Å².